The van der Waals surface area contributed by atoms with Crippen molar-refractivity contribution < 1.29 is 9.90 Å². The molecule has 0 spiro atoms. The zero-order chi connectivity index (χ0) is 10.3. The number of carboxylic acids is 1. The molecule has 0 aromatic carbocycles. The van der Waals surface area contributed by atoms with Crippen LogP contribution in [-0.2, 0) is 0 Å². The van der Waals surface area contributed by atoms with E-state index in [0.29, 0.717) is 11.2 Å². The minimum Gasteiger partial charge on any atom is -0.475 e. The molecule has 0 aliphatic carbocycles. The number of carbonyl (C=O) groups is 1. The van der Waals surface area contributed by atoms with E-state index in [9.17, 15) is 4.79 Å². The Morgan fingerprint density at radius 2 is 2.36 bits per heavy atom. The quantitative estimate of drug-likeness (QED) is 0.744. The third-order valence-electron chi connectivity index (χ3n) is 1.84. The summed E-state index contributed by atoms with van der Waals surface area (Å²) in [7, 11) is 0. The van der Waals surface area contributed by atoms with Crippen LogP contribution in [0.2, 0.25) is 5.15 Å². The number of aromatic nitrogens is 2. The van der Waals surface area contributed by atoms with E-state index in [4.69, 9.17) is 22.4 Å². The molecule has 0 aliphatic heterocycles. The van der Waals surface area contributed by atoms with Gasteiger partial charge in [0.2, 0.25) is 5.82 Å². The summed E-state index contributed by atoms with van der Waals surface area (Å²) in [6, 6.07) is 3.27. The third-order valence-corrected chi connectivity index (χ3v) is 2.11. The molecule has 2 rings (SSSR count). The molecular formula is C8H6ClN3O2. The normalized spacial score (nSPS) is 10.6. The molecule has 0 aliphatic rings. The maximum atomic E-state index is 10.8. The second-order valence-corrected chi connectivity index (χ2v) is 3.07. The van der Waals surface area contributed by atoms with Gasteiger partial charge < -0.3 is 10.8 Å². The molecule has 0 saturated heterocycles. The summed E-state index contributed by atoms with van der Waals surface area (Å²) < 4.78 is 1.35. The van der Waals surface area contributed by atoms with Gasteiger partial charge in [0.05, 0.1) is 5.69 Å². The van der Waals surface area contributed by atoms with Crippen molar-refractivity contribution in [3.63, 3.8) is 0 Å². The lowest BCUT2D eigenvalue weighted by molar-refractivity contribution is 0.0683. The molecule has 14 heavy (non-hydrogen) atoms. The fraction of sp³-hybridized carbons (Fsp3) is 0. The second-order valence-electron chi connectivity index (χ2n) is 2.71. The third kappa shape index (κ3) is 1.10. The number of imidazole rings is 1. The Hall–Kier alpha value is -1.75. The van der Waals surface area contributed by atoms with E-state index in [1.807, 2.05) is 0 Å². The number of rotatable bonds is 1. The molecular weight excluding hydrogens is 206 g/mol. The van der Waals surface area contributed by atoms with E-state index in [2.05, 4.69) is 4.98 Å². The number of nitrogens with two attached hydrogens (primary N) is 1. The number of hydrogen-bond donors (Lipinski definition) is 2. The summed E-state index contributed by atoms with van der Waals surface area (Å²) in [6.07, 6.45) is 1.55. The molecule has 5 nitrogen and oxygen atoms in total. The van der Waals surface area contributed by atoms with Crippen molar-refractivity contribution in [3.05, 3.63) is 29.3 Å². The first-order valence-corrected chi connectivity index (χ1v) is 4.14. The summed E-state index contributed by atoms with van der Waals surface area (Å²) >= 11 is 5.75. The van der Waals surface area contributed by atoms with Gasteiger partial charge in [-0.05, 0) is 12.1 Å². The van der Waals surface area contributed by atoms with Crippen molar-refractivity contribution in [2.24, 2.45) is 0 Å². The number of nitrogen functional groups attached to an aromatic ring is 1. The van der Waals surface area contributed by atoms with Crippen molar-refractivity contribution in [3.8, 4) is 0 Å². The van der Waals surface area contributed by atoms with Crippen LogP contribution < -0.4 is 5.73 Å². The smallest absolute Gasteiger partial charge is 0.372 e. The number of halogens is 1. The summed E-state index contributed by atoms with van der Waals surface area (Å²) in [5.74, 6) is -1.28. The van der Waals surface area contributed by atoms with Crippen molar-refractivity contribution in [1.82, 2.24) is 9.38 Å². The molecule has 2 heterocycles. The van der Waals surface area contributed by atoms with E-state index in [0.717, 1.165) is 0 Å². The van der Waals surface area contributed by atoms with Crippen molar-refractivity contribution in [2.45, 2.75) is 0 Å². The maximum Gasteiger partial charge on any atom is 0.372 e. The first-order valence-electron chi connectivity index (χ1n) is 3.76. The van der Waals surface area contributed by atoms with Gasteiger partial charge in [0.25, 0.3) is 0 Å². The average molecular weight is 212 g/mol. The van der Waals surface area contributed by atoms with Gasteiger partial charge in [0, 0.05) is 6.20 Å². The topological polar surface area (TPSA) is 80.6 Å². The van der Waals surface area contributed by atoms with Crippen LogP contribution in [0.25, 0.3) is 5.52 Å². The van der Waals surface area contributed by atoms with Gasteiger partial charge in [-0.2, -0.15) is 0 Å². The highest BCUT2D eigenvalue weighted by Crippen LogP contribution is 2.23. The Labute approximate surface area is 83.7 Å². The van der Waals surface area contributed by atoms with E-state index >= 15 is 0 Å². The largest absolute Gasteiger partial charge is 0.475 e. The number of carboxylic acid groups (broad SMARTS) is 1. The lowest BCUT2D eigenvalue weighted by atomic mass is 10.3. The number of aromatic carboxylic acids is 1. The zero-order valence-corrected chi connectivity index (χ0v) is 7.69. The zero-order valence-electron chi connectivity index (χ0n) is 6.94. The fourth-order valence-electron chi connectivity index (χ4n) is 1.27. The SMILES string of the molecule is Nc1cccn2c(C(=O)O)nc(Cl)c12. The summed E-state index contributed by atoms with van der Waals surface area (Å²) in [5.41, 5.74) is 6.46. The monoisotopic (exact) mass is 211 g/mol. The Balaban J connectivity index is 2.91. The van der Waals surface area contributed by atoms with E-state index in [1.54, 1.807) is 18.3 Å². The maximum absolute atomic E-state index is 10.8. The van der Waals surface area contributed by atoms with Gasteiger partial charge in [-0.3, -0.25) is 4.40 Å². The Morgan fingerprint density at radius 1 is 1.64 bits per heavy atom. The molecule has 6 heteroatoms. The number of nitrogens with zero attached hydrogens (tertiary/aromatic N) is 2. The molecule has 0 atom stereocenters. The Bertz CT molecular complexity index is 521. The lowest BCUT2D eigenvalue weighted by Crippen LogP contribution is -2.03. The van der Waals surface area contributed by atoms with Gasteiger partial charge in [0.15, 0.2) is 5.15 Å². The van der Waals surface area contributed by atoms with Crippen molar-refractivity contribution in [2.75, 3.05) is 5.73 Å². The summed E-state index contributed by atoms with van der Waals surface area (Å²) in [4.78, 5) is 14.5. The van der Waals surface area contributed by atoms with E-state index in [-0.39, 0.29) is 11.0 Å². The van der Waals surface area contributed by atoms with Gasteiger partial charge >= 0.3 is 5.97 Å². The highest BCUT2D eigenvalue weighted by atomic mass is 35.5. The second kappa shape index (κ2) is 2.88. The fourth-order valence-corrected chi connectivity index (χ4v) is 1.55. The Morgan fingerprint density at radius 3 is 3.00 bits per heavy atom. The van der Waals surface area contributed by atoms with Crippen LogP contribution in [0.4, 0.5) is 5.69 Å². The highest BCUT2D eigenvalue weighted by molar-refractivity contribution is 6.33. The molecule has 0 saturated carbocycles. The summed E-state index contributed by atoms with van der Waals surface area (Å²) in [6.45, 7) is 0. The van der Waals surface area contributed by atoms with E-state index in [1.165, 1.54) is 4.40 Å². The van der Waals surface area contributed by atoms with Crippen LogP contribution >= 0.6 is 11.6 Å². The van der Waals surface area contributed by atoms with E-state index < -0.39 is 5.97 Å². The van der Waals surface area contributed by atoms with Crippen LogP contribution in [0.3, 0.4) is 0 Å². The lowest BCUT2D eigenvalue weighted by Gasteiger charge is -1.98. The minimum absolute atomic E-state index is 0.0977. The van der Waals surface area contributed by atoms with Crippen LogP contribution in [-0.4, -0.2) is 20.5 Å². The standard InChI is InChI=1S/C8H6ClN3O2/c9-6-5-4(10)2-1-3-12(5)7(11-6)8(13)14/h1-3H,10H2,(H,13,14). The number of fused-ring (bicyclic) bond motifs is 1. The van der Waals surface area contributed by atoms with Crippen LogP contribution in [0.15, 0.2) is 18.3 Å². The average Bonchev–Trinajstić information content (AvgIpc) is 2.45. The van der Waals surface area contributed by atoms with Crippen LogP contribution in [0.5, 0.6) is 0 Å². The van der Waals surface area contributed by atoms with Gasteiger partial charge in [0.1, 0.15) is 5.52 Å². The van der Waals surface area contributed by atoms with Gasteiger partial charge in [-0.25, -0.2) is 9.78 Å². The highest BCUT2D eigenvalue weighted by Gasteiger charge is 2.16. The van der Waals surface area contributed by atoms with Gasteiger partial charge in [-0.1, -0.05) is 11.6 Å². The molecule has 2 aromatic heterocycles. The first kappa shape index (κ1) is 8.83. The number of pyridine rings is 1. The minimum atomic E-state index is -1.14. The van der Waals surface area contributed by atoms with Gasteiger partial charge in [-0.15, -0.1) is 0 Å². The molecule has 0 unspecified atom stereocenters. The molecule has 2 aromatic rings. The van der Waals surface area contributed by atoms with Crippen molar-refractivity contribution in [1.29, 1.82) is 0 Å². The molecule has 0 fully saturated rings. The molecule has 0 bridgehead atoms. The summed E-state index contributed by atoms with van der Waals surface area (Å²) in [5, 5.41) is 8.90. The number of anilines is 1. The predicted molar refractivity (Wildman–Crippen MR) is 51.6 cm³/mol. The first-order chi connectivity index (χ1) is 6.61. The number of hydrogen-bond acceptors (Lipinski definition) is 3. The molecule has 0 amide bonds. The Kier molecular flexibility index (Phi) is 1.82. The molecule has 72 valence electrons. The molecule has 0 radical (unpaired) electrons. The van der Waals surface area contributed by atoms with Crippen LogP contribution in [0, 0.1) is 0 Å². The van der Waals surface area contributed by atoms with Crippen molar-refractivity contribution >= 4 is 28.8 Å². The predicted octanol–water partition coefficient (Wildman–Crippen LogP) is 1.27. The molecule has 3 N–H and O–H groups in total. The van der Waals surface area contributed by atoms with Crippen LogP contribution in [0.1, 0.15) is 10.6 Å².